The number of nitrogens with one attached hydrogen (secondary N) is 1. The molecule has 0 heterocycles. The van der Waals surface area contributed by atoms with Crippen LogP contribution in [0.2, 0.25) is 10.0 Å². The van der Waals surface area contributed by atoms with Gasteiger partial charge >= 0.3 is 0 Å². The molecule has 0 atom stereocenters. The quantitative estimate of drug-likeness (QED) is 0.142. The van der Waals surface area contributed by atoms with Crippen molar-refractivity contribution < 1.29 is 27.6 Å². The first-order chi connectivity index (χ1) is 18.5. The molecule has 4 aromatic carbocycles. The van der Waals surface area contributed by atoms with Gasteiger partial charge in [-0.2, -0.15) is 8.42 Å². The topological polar surface area (TPSA) is 138 Å². The molecule has 0 bridgehead atoms. The molecule has 0 aliphatic rings. The molecule has 0 unspecified atom stereocenters. The highest BCUT2D eigenvalue weighted by molar-refractivity contribution is 7.85. The summed E-state index contributed by atoms with van der Waals surface area (Å²) in [4.78, 5) is 12.8. The third-order valence-electron chi connectivity index (χ3n) is 5.72. The molecule has 0 aromatic heterocycles. The van der Waals surface area contributed by atoms with Gasteiger partial charge in [0.1, 0.15) is 17.1 Å². The van der Waals surface area contributed by atoms with Crippen LogP contribution in [0.3, 0.4) is 0 Å². The van der Waals surface area contributed by atoms with E-state index in [1.807, 2.05) is 6.92 Å². The first-order valence-corrected chi connectivity index (χ1v) is 13.9. The van der Waals surface area contributed by atoms with E-state index in [9.17, 15) is 22.9 Å². The van der Waals surface area contributed by atoms with Gasteiger partial charge in [-0.15, -0.1) is 10.2 Å². The maximum absolute atomic E-state index is 13.2. The van der Waals surface area contributed by atoms with Crippen molar-refractivity contribution >= 4 is 67.1 Å². The van der Waals surface area contributed by atoms with Gasteiger partial charge in [-0.3, -0.25) is 9.35 Å². The molecular weight excluding hydrogens is 565 g/mol. The predicted octanol–water partition coefficient (Wildman–Crippen LogP) is 7.73. The second kappa shape index (κ2) is 11.6. The van der Waals surface area contributed by atoms with Crippen LogP contribution in [-0.2, 0) is 16.5 Å². The van der Waals surface area contributed by atoms with Gasteiger partial charge in [-0.1, -0.05) is 54.4 Å². The molecule has 12 heteroatoms. The number of phenols is 1. The number of benzene rings is 4. The van der Waals surface area contributed by atoms with Gasteiger partial charge in [-0.25, -0.2) is 0 Å². The summed E-state index contributed by atoms with van der Waals surface area (Å²) >= 11 is 12.5. The Morgan fingerprint density at radius 1 is 1.03 bits per heavy atom. The molecule has 0 aliphatic heterocycles. The van der Waals surface area contributed by atoms with E-state index in [-0.39, 0.29) is 22.0 Å². The highest BCUT2D eigenvalue weighted by atomic mass is 35.5. The number of aromatic hydroxyl groups is 1. The molecule has 4 rings (SSSR count). The Kier molecular flexibility index (Phi) is 8.41. The fraction of sp³-hybridized carbons (Fsp3) is 0.148. The van der Waals surface area contributed by atoms with Crippen LogP contribution in [0, 0.1) is 0 Å². The lowest BCUT2D eigenvalue weighted by Crippen LogP contribution is -2.12. The number of anilines is 1. The molecule has 4 aromatic rings. The molecule has 0 saturated carbocycles. The smallest absolute Gasteiger partial charge is 0.294 e. The summed E-state index contributed by atoms with van der Waals surface area (Å²) < 4.78 is 38.5. The summed E-state index contributed by atoms with van der Waals surface area (Å²) in [6.07, 6.45) is 0.364. The average molecular weight is 588 g/mol. The second-order valence-corrected chi connectivity index (χ2v) is 10.6. The summed E-state index contributed by atoms with van der Waals surface area (Å²) in [6, 6.07) is 15.5. The minimum absolute atomic E-state index is 0.0364. The number of rotatable bonds is 8. The van der Waals surface area contributed by atoms with E-state index < -0.39 is 26.7 Å². The van der Waals surface area contributed by atoms with E-state index >= 15 is 0 Å². The molecule has 1 amide bonds. The van der Waals surface area contributed by atoms with Crippen molar-refractivity contribution in [2.75, 3.05) is 11.9 Å². The third-order valence-corrected chi connectivity index (χ3v) is 7.20. The van der Waals surface area contributed by atoms with Crippen LogP contribution in [0.5, 0.6) is 11.5 Å². The Balaban J connectivity index is 1.80. The Morgan fingerprint density at radius 3 is 2.46 bits per heavy atom. The number of carbonyl (C=O) groups is 1. The van der Waals surface area contributed by atoms with Gasteiger partial charge in [0.25, 0.3) is 16.0 Å². The van der Waals surface area contributed by atoms with E-state index in [4.69, 9.17) is 27.9 Å². The van der Waals surface area contributed by atoms with Crippen molar-refractivity contribution in [1.82, 2.24) is 0 Å². The number of aryl methyl sites for hydroxylation is 1. The van der Waals surface area contributed by atoms with Crippen LogP contribution in [0.4, 0.5) is 17.1 Å². The van der Waals surface area contributed by atoms with Gasteiger partial charge in [-0.05, 0) is 54.6 Å². The molecule has 9 nitrogen and oxygen atoms in total. The summed E-state index contributed by atoms with van der Waals surface area (Å²) in [5, 5.41) is 23.6. The lowest BCUT2D eigenvalue weighted by molar-refractivity contribution is 0.102. The Morgan fingerprint density at radius 2 is 1.77 bits per heavy atom. The first-order valence-electron chi connectivity index (χ1n) is 11.7. The Hall–Kier alpha value is -3.70. The molecule has 0 radical (unpaired) electrons. The fourth-order valence-corrected chi connectivity index (χ4v) is 4.95. The van der Waals surface area contributed by atoms with Crippen molar-refractivity contribution in [3.05, 3.63) is 81.8 Å². The number of nitrogens with zero attached hydrogens (tertiary/aromatic N) is 2. The van der Waals surface area contributed by atoms with Crippen LogP contribution >= 0.6 is 23.2 Å². The highest BCUT2D eigenvalue weighted by Crippen LogP contribution is 2.41. The number of carbonyl (C=O) groups excluding carboxylic acids is 1. The van der Waals surface area contributed by atoms with E-state index in [0.29, 0.717) is 45.8 Å². The molecule has 0 saturated heterocycles. The Labute approximate surface area is 234 Å². The summed E-state index contributed by atoms with van der Waals surface area (Å²) in [7, 11) is -4.54. The van der Waals surface area contributed by atoms with Crippen molar-refractivity contribution in [1.29, 1.82) is 0 Å². The number of ether oxygens (including phenoxy) is 1. The standard InChI is InChI=1S/C27H23Cl2N3O6S/c1-3-15-9-20(39(35,36)37)14-23(24(15)29)31-32-25-21-8-6-5-7-16(21)10-22(26(25)33)27(34)30-18-11-17(28)12-19(13-18)38-4-2/h5-14,33H,3-4H2,1-2H3,(H,30,34)(H,35,36,37). The van der Waals surface area contributed by atoms with E-state index in [1.54, 1.807) is 43.3 Å². The summed E-state index contributed by atoms with van der Waals surface area (Å²) in [5.74, 6) is -0.633. The van der Waals surface area contributed by atoms with Crippen molar-refractivity contribution in [2.24, 2.45) is 10.2 Å². The lowest BCUT2D eigenvalue weighted by Gasteiger charge is -2.12. The molecule has 0 aliphatic carbocycles. The minimum atomic E-state index is -4.54. The first kappa shape index (κ1) is 28.3. The largest absolute Gasteiger partial charge is 0.505 e. The van der Waals surface area contributed by atoms with Crippen LogP contribution in [0.25, 0.3) is 10.8 Å². The zero-order valence-corrected chi connectivity index (χ0v) is 23.1. The molecule has 0 fully saturated rings. The molecule has 202 valence electrons. The summed E-state index contributed by atoms with van der Waals surface area (Å²) in [5.41, 5.74) is 0.617. The number of halogens is 2. The maximum atomic E-state index is 13.2. The van der Waals surface area contributed by atoms with Crippen molar-refractivity contribution in [2.45, 2.75) is 25.2 Å². The Bertz CT molecular complexity index is 1720. The van der Waals surface area contributed by atoms with Gasteiger partial charge < -0.3 is 15.2 Å². The number of fused-ring (bicyclic) bond motifs is 1. The number of hydrogen-bond acceptors (Lipinski definition) is 7. The molecule has 3 N–H and O–H groups in total. The summed E-state index contributed by atoms with van der Waals surface area (Å²) in [6.45, 7) is 3.98. The molecule has 0 spiro atoms. The average Bonchev–Trinajstić information content (AvgIpc) is 2.87. The van der Waals surface area contributed by atoms with E-state index in [0.717, 1.165) is 6.07 Å². The number of hydrogen-bond donors (Lipinski definition) is 3. The van der Waals surface area contributed by atoms with Gasteiger partial charge in [0.2, 0.25) is 0 Å². The van der Waals surface area contributed by atoms with Crippen LogP contribution in [-0.4, -0.2) is 30.6 Å². The number of amides is 1. The zero-order chi connectivity index (χ0) is 28.3. The van der Waals surface area contributed by atoms with Crippen molar-refractivity contribution in [3.63, 3.8) is 0 Å². The van der Waals surface area contributed by atoms with Gasteiger partial charge in [0.05, 0.1) is 22.1 Å². The SMILES string of the molecule is CCOc1cc(Cl)cc(NC(=O)c2cc3ccccc3c(N=Nc3cc(S(=O)(=O)O)cc(CC)c3Cl)c2O)c1. The van der Waals surface area contributed by atoms with Crippen LogP contribution in [0.15, 0.2) is 75.8 Å². The third kappa shape index (κ3) is 6.31. The predicted molar refractivity (Wildman–Crippen MR) is 151 cm³/mol. The maximum Gasteiger partial charge on any atom is 0.294 e. The fourth-order valence-electron chi connectivity index (χ4n) is 3.90. The van der Waals surface area contributed by atoms with Crippen LogP contribution < -0.4 is 10.1 Å². The highest BCUT2D eigenvalue weighted by Gasteiger charge is 2.20. The second-order valence-electron chi connectivity index (χ2n) is 8.35. The minimum Gasteiger partial charge on any atom is -0.505 e. The van der Waals surface area contributed by atoms with Crippen molar-refractivity contribution in [3.8, 4) is 11.5 Å². The van der Waals surface area contributed by atoms with Crippen LogP contribution in [0.1, 0.15) is 29.8 Å². The van der Waals surface area contributed by atoms with E-state index in [1.165, 1.54) is 18.2 Å². The number of azo groups is 1. The van der Waals surface area contributed by atoms with Gasteiger partial charge in [0, 0.05) is 22.2 Å². The van der Waals surface area contributed by atoms with Gasteiger partial charge in [0.15, 0.2) is 5.75 Å². The van der Waals surface area contributed by atoms with E-state index in [2.05, 4.69) is 15.5 Å². The lowest BCUT2D eigenvalue weighted by atomic mass is 10.0. The zero-order valence-electron chi connectivity index (χ0n) is 20.8. The normalized spacial score (nSPS) is 11.7. The monoisotopic (exact) mass is 587 g/mol. The molecular formula is C27H23Cl2N3O6S. The molecule has 39 heavy (non-hydrogen) atoms. The number of phenolic OH excluding ortho intramolecular Hbond substituents is 1.